The molecule has 0 spiro atoms. The van der Waals surface area contributed by atoms with E-state index in [1.165, 1.54) is 17.7 Å². The molecule has 2 aromatic heterocycles. The lowest BCUT2D eigenvalue weighted by Gasteiger charge is -1.98. The second-order valence-corrected chi connectivity index (χ2v) is 4.88. The number of aromatic nitrogens is 2. The number of nitrogens with zero attached hydrogens (tertiary/aromatic N) is 2. The van der Waals surface area contributed by atoms with Gasteiger partial charge in [-0.2, -0.15) is 0 Å². The van der Waals surface area contributed by atoms with E-state index in [2.05, 4.69) is 9.97 Å². The first-order valence-electron chi connectivity index (χ1n) is 4.32. The summed E-state index contributed by atoms with van der Waals surface area (Å²) in [6, 6.07) is 0. The third-order valence-corrected chi connectivity index (χ3v) is 3.81. The van der Waals surface area contributed by atoms with Gasteiger partial charge in [0.15, 0.2) is 0 Å². The van der Waals surface area contributed by atoms with E-state index in [9.17, 15) is 4.79 Å². The summed E-state index contributed by atoms with van der Waals surface area (Å²) < 4.78 is 0.863. The van der Waals surface area contributed by atoms with Crippen LogP contribution >= 0.6 is 23.1 Å². The number of hydrogen-bond acceptors (Lipinski definition) is 5. The molecule has 4 nitrogen and oxygen atoms in total. The third kappa shape index (κ3) is 1.82. The van der Waals surface area contributed by atoms with Crippen molar-refractivity contribution in [2.45, 2.75) is 11.9 Å². The second kappa shape index (κ2) is 4.16. The van der Waals surface area contributed by atoms with Crippen LogP contribution in [0.15, 0.2) is 16.7 Å². The lowest BCUT2D eigenvalue weighted by molar-refractivity contribution is 0.0699. The van der Waals surface area contributed by atoms with Gasteiger partial charge in [-0.25, -0.2) is 14.8 Å². The highest BCUT2D eigenvalue weighted by atomic mass is 32.2. The smallest absolute Gasteiger partial charge is 0.338 e. The molecule has 0 bridgehead atoms. The molecule has 0 aliphatic rings. The summed E-state index contributed by atoms with van der Waals surface area (Å²) in [7, 11) is 0. The van der Waals surface area contributed by atoms with Crippen molar-refractivity contribution in [3.05, 3.63) is 17.3 Å². The van der Waals surface area contributed by atoms with Crippen LogP contribution in [0.3, 0.4) is 0 Å². The molecule has 2 rings (SSSR count). The third-order valence-electron chi connectivity index (χ3n) is 1.83. The first kappa shape index (κ1) is 10.4. The van der Waals surface area contributed by atoms with E-state index in [4.69, 9.17) is 5.11 Å². The largest absolute Gasteiger partial charge is 0.478 e. The molecule has 0 aromatic carbocycles. The van der Waals surface area contributed by atoms with Crippen molar-refractivity contribution in [1.82, 2.24) is 9.97 Å². The Labute approximate surface area is 94.4 Å². The molecule has 1 N–H and O–H groups in total. The number of carboxylic acids is 1. The normalized spacial score (nSPS) is 10.7. The van der Waals surface area contributed by atoms with Crippen molar-refractivity contribution in [2.24, 2.45) is 0 Å². The number of carboxylic acid groups (broad SMARTS) is 1. The molecule has 78 valence electrons. The highest BCUT2D eigenvalue weighted by Gasteiger charge is 2.14. The van der Waals surface area contributed by atoms with Crippen molar-refractivity contribution in [1.29, 1.82) is 0 Å². The Kier molecular flexibility index (Phi) is 2.88. The van der Waals surface area contributed by atoms with E-state index in [-0.39, 0.29) is 5.56 Å². The Balaban J connectivity index is 2.63. The standard InChI is InChI=1S/C9H8N2O2S2/c1-2-14-8-7-6(10-4-11-8)5(3-15-7)9(12)13/h3-4H,2H2,1H3,(H,12,13). The Morgan fingerprint density at radius 1 is 1.60 bits per heavy atom. The number of hydrogen-bond donors (Lipinski definition) is 1. The zero-order chi connectivity index (χ0) is 10.8. The van der Waals surface area contributed by atoms with Crippen LogP contribution < -0.4 is 0 Å². The van der Waals surface area contributed by atoms with Gasteiger partial charge in [0.05, 0.1) is 10.3 Å². The number of carbonyl (C=O) groups is 1. The van der Waals surface area contributed by atoms with Crippen LogP contribution in [-0.2, 0) is 0 Å². The van der Waals surface area contributed by atoms with Crippen LogP contribution in [0.1, 0.15) is 17.3 Å². The SMILES string of the molecule is CCSc1ncnc2c(C(=O)O)csc12. The van der Waals surface area contributed by atoms with Crippen LogP contribution in [-0.4, -0.2) is 26.8 Å². The zero-order valence-corrected chi connectivity index (χ0v) is 9.56. The Morgan fingerprint density at radius 2 is 2.40 bits per heavy atom. The zero-order valence-electron chi connectivity index (χ0n) is 7.93. The molecular formula is C9H8N2O2S2. The van der Waals surface area contributed by atoms with Gasteiger partial charge in [0.25, 0.3) is 0 Å². The molecule has 0 aliphatic heterocycles. The summed E-state index contributed by atoms with van der Waals surface area (Å²) in [5.41, 5.74) is 0.800. The monoisotopic (exact) mass is 240 g/mol. The average molecular weight is 240 g/mol. The summed E-state index contributed by atoms with van der Waals surface area (Å²) in [6.45, 7) is 2.03. The minimum atomic E-state index is -0.938. The van der Waals surface area contributed by atoms with E-state index in [1.807, 2.05) is 6.92 Å². The second-order valence-electron chi connectivity index (χ2n) is 2.74. The van der Waals surface area contributed by atoms with E-state index in [0.717, 1.165) is 15.5 Å². The lowest BCUT2D eigenvalue weighted by atomic mass is 10.3. The molecule has 0 saturated heterocycles. The number of thioether (sulfide) groups is 1. The van der Waals surface area contributed by atoms with Crippen molar-refractivity contribution < 1.29 is 9.90 Å². The minimum absolute atomic E-state index is 0.260. The fourth-order valence-corrected chi connectivity index (χ4v) is 3.04. The van der Waals surface area contributed by atoms with Gasteiger partial charge in [-0.15, -0.1) is 23.1 Å². The predicted octanol–water partition coefficient (Wildman–Crippen LogP) is 2.50. The highest BCUT2D eigenvalue weighted by Crippen LogP contribution is 2.31. The van der Waals surface area contributed by atoms with Gasteiger partial charge < -0.3 is 5.11 Å². The van der Waals surface area contributed by atoms with Crippen molar-refractivity contribution >= 4 is 39.3 Å². The van der Waals surface area contributed by atoms with Gasteiger partial charge in [0.1, 0.15) is 16.9 Å². The summed E-state index contributed by atoms with van der Waals surface area (Å²) in [6.07, 6.45) is 1.42. The quantitative estimate of drug-likeness (QED) is 0.659. The molecule has 0 unspecified atom stereocenters. The van der Waals surface area contributed by atoms with E-state index >= 15 is 0 Å². The van der Waals surface area contributed by atoms with Crippen molar-refractivity contribution in [3.63, 3.8) is 0 Å². The maximum absolute atomic E-state index is 10.9. The maximum Gasteiger partial charge on any atom is 0.338 e. The molecule has 0 atom stereocenters. The summed E-state index contributed by atoms with van der Waals surface area (Å²) in [5.74, 6) is -0.0284. The number of fused-ring (bicyclic) bond motifs is 1. The summed E-state index contributed by atoms with van der Waals surface area (Å²) in [4.78, 5) is 19.0. The Hall–Kier alpha value is -1.14. The molecule has 6 heteroatoms. The van der Waals surface area contributed by atoms with Gasteiger partial charge >= 0.3 is 5.97 Å². The molecular weight excluding hydrogens is 232 g/mol. The molecule has 0 fully saturated rings. The van der Waals surface area contributed by atoms with Crippen LogP contribution in [0.25, 0.3) is 10.2 Å². The van der Waals surface area contributed by atoms with E-state index in [0.29, 0.717) is 5.52 Å². The molecule has 2 aromatic rings. The Bertz CT molecular complexity index is 510. The van der Waals surface area contributed by atoms with Gasteiger partial charge in [0.2, 0.25) is 0 Å². The molecule has 0 amide bonds. The minimum Gasteiger partial charge on any atom is -0.478 e. The van der Waals surface area contributed by atoms with Gasteiger partial charge in [-0.05, 0) is 5.75 Å². The van der Waals surface area contributed by atoms with Crippen LogP contribution in [0, 0.1) is 0 Å². The Morgan fingerprint density at radius 3 is 3.07 bits per heavy atom. The maximum atomic E-state index is 10.9. The average Bonchev–Trinajstić information content (AvgIpc) is 2.62. The van der Waals surface area contributed by atoms with Gasteiger partial charge in [-0.1, -0.05) is 6.92 Å². The molecule has 0 radical (unpaired) electrons. The van der Waals surface area contributed by atoms with Crippen molar-refractivity contribution in [2.75, 3.05) is 5.75 Å². The van der Waals surface area contributed by atoms with E-state index < -0.39 is 5.97 Å². The van der Waals surface area contributed by atoms with Gasteiger partial charge in [0, 0.05) is 5.38 Å². The molecule has 0 aliphatic carbocycles. The van der Waals surface area contributed by atoms with Crippen LogP contribution in [0.2, 0.25) is 0 Å². The number of thiophene rings is 1. The van der Waals surface area contributed by atoms with Crippen molar-refractivity contribution in [3.8, 4) is 0 Å². The fraction of sp³-hybridized carbons (Fsp3) is 0.222. The lowest BCUT2D eigenvalue weighted by Crippen LogP contribution is -1.95. The first-order valence-corrected chi connectivity index (χ1v) is 6.19. The van der Waals surface area contributed by atoms with Gasteiger partial charge in [-0.3, -0.25) is 0 Å². The fourth-order valence-electron chi connectivity index (χ4n) is 1.22. The molecule has 15 heavy (non-hydrogen) atoms. The van der Waals surface area contributed by atoms with Crippen LogP contribution in [0.5, 0.6) is 0 Å². The summed E-state index contributed by atoms with van der Waals surface area (Å²) >= 11 is 2.98. The van der Waals surface area contributed by atoms with E-state index in [1.54, 1.807) is 17.1 Å². The molecule has 0 saturated carbocycles. The highest BCUT2D eigenvalue weighted by molar-refractivity contribution is 7.99. The number of aromatic carboxylic acids is 1. The first-order chi connectivity index (χ1) is 7.24. The predicted molar refractivity (Wildman–Crippen MR) is 60.8 cm³/mol. The molecule has 2 heterocycles. The topological polar surface area (TPSA) is 63.1 Å². The summed E-state index contributed by atoms with van der Waals surface area (Å²) in [5, 5.41) is 11.4. The van der Waals surface area contributed by atoms with Crippen LogP contribution in [0.4, 0.5) is 0 Å². The number of rotatable bonds is 3.